The molecule has 2 unspecified atom stereocenters. The Morgan fingerprint density at radius 1 is 1.19 bits per heavy atom. The van der Waals surface area contributed by atoms with Crippen molar-refractivity contribution in [3.8, 4) is 5.75 Å². The van der Waals surface area contributed by atoms with Crippen molar-refractivity contribution in [1.29, 1.82) is 0 Å². The number of hydrogen-bond donors (Lipinski definition) is 0. The Labute approximate surface area is 154 Å². The quantitative estimate of drug-likeness (QED) is 0.576. The van der Waals surface area contributed by atoms with E-state index >= 15 is 0 Å². The van der Waals surface area contributed by atoms with Gasteiger partial charge in [0.25, 0.3) is 0 Å². The summed E-state index contributed by atoms with van der Waals surface area (Å²) in [4.78, 5) is 36.7. The number of aryl methyl sites for hydroxylation is 1. The molecule has 3 rings (SSSR count). The highest BCUT2D eigenvalue weighted by molar-refractivity contribution is 6.18. The minimum Gasteiger partial charge on any atom is -0.497 e. The van der Waals surface area contributed by atoms with Gasteiger partial charge in [0.1, 0.15) is 11.4 Å². The summed E-state index contributed by atoms with van der Waals surface area (Å²) in [5, 5.41) is 0. The molecule has 0 radical (unpaired) electrons. The molecule has 1 saturated carbocycles. The van der Waals surface area contributed by atoms with E-state index in [1.165, 1.54) is 6.92 Å². The maximum atomic E-state index is 12.6. The molecule has 2 fully saturated rings. The van der Waals surface area contributed by atoms with Crippen molar-refractivity contribution in [2.24, 2.45) is 11.8 Å². The average Bonchev–Trinajstić information content (AvgIpc) is 3.15. The summed E-state index contributed by atoms with van der Waals surface area (Å²) in [5.74, 6) is -1.60. The zero-order chi connectivity index (χ0) is 18.7. The van der Waals surface area contributed by atoms with E-state index in [9.17, 15) is 14.4 Å². The molecule has 2 aliphatic rings. The number of Topliss-reactive ketones (excluding diaryl/α,β-unsaturated/α-hetero) is 2. The SMILES string of the molecule is COc1ccc(CCC2(C3CCCC3)CC(=O)C(C(C)=O)C(=O)O2)cc1. The Morgan fingerprint density at radius 2 is 1.85 bits per heavy atom. The molecule has 1 aromatic rings. The topological polar surface area (TPSA) is 69.7 Å². The van der Waals surface area contributed by atoms with Crippen LogP contribution >= 0.6 is 0 Å². The van der Waals surface area contributed by atoms with Gasteiger partial charge in [0.15, 0.2) is 17.5 Å². The zero-order valence-electron chi connectivity index (χ0n) is 15.5. The van der Waals surface area contributed by atoms with Gasteiger partial charge in [-0.2, -0.15) is 0 Å². The van der Waals surface area contributed by atoms with Crippen LogP contribution in [0.5, 0.6) is 5.75 Å². The molecule has 0 bridgehead atoms. The standard InChI is InChI=1S/C21H26O5/c1-14(22)19-18(23)13-21(26-20(19)24,16-5-3-4-6-16)12-11-15-7-9-17(25-2)10-8-15/h7-10,16,19H,3-6,11-13H2,1-2H3. The molecule has 1 heterocycles. The monoisotopic (exact) mass is 358 g/mol. The van der Waals surface area contributed by atoms with E-state index in [0.29, 0.717) is 12.8 Å². The Morgan fingerprint density at radius 3 is 2.38 bits per heavy atom. The molecule has 5 nitrogen and oxygen atoms in total. The average molecular weight is 358 g/mol. The van der Waals surface area contributed by atoms with Crippen LogP contribution in [-0.2, 0) is 25.5 Å². The molecular weight excluding hydrogens is 332 g/mol. The van der Waals surface area contributed by atoms with Crippen molar-refractivity contribution in [3.63, 3.8) is 0 Å². The second kappa shape index (κ2) is 7.60. The normalized spacial score (nSPS) is 26.6. The van der Waals surface area contributed by atoms with Crippen LogP contribution in [0.1, 0.15) is 51.0 Å². The van der Waals surface area contributed by atoms with Gasteiger partial charge in [-0.25, -0.2) is 0 Å². The minimum atomic E-state index is -1.23. The molecule has 140 valence electrons. The molecule has 0 N–H and O–H groups in total. The maximum absolute atomic E-state index is 12.6. The number of ether oxygens (including phenoxy) is 2. The lowest BCUT2D eigenvalue weighted by atomic mass is 9.73. The molecule has 5 heteroatoms. The first-order chi connectivity index (χ1) is 12.4. The number of benzene rings is 1. The van der Waals surface area contributed by atoms with Gasteiger partial charge in [0.2, 0.25) is 0 Å². The predicted octanol–water partition coefficient (Wildman–Crippen LogP) is 3.28. The molecule has 0 amide bonds. The first-order valence-corrected chi connectivity index (χ1v) is 9.34. The van der Waals surface area contributed by atoms with E-state index in [-0.39, 0.29) is 18.1 Å². The van der Waals surface area contributed by atoms with E-state index in [1.54, 1.807) is 7.11 Å². The molecule has 0 aromatic heterocycles. The summed E-state index contributed by atoms with van der Waals surface area (Å²) in [6.45, 7) is 1.28. The number of rotatable bonds is 6. The second-order valence-corrected chi connectivity index (χ2v) is 7.50. The minimum absolute atomic E-state index is 0.157. The number of cyclic esters (lactones) is 1. The Kier molecular flexibility index (Phi) is 5.44. The maximum Gasteiger partial charge on any atom is 0.324 e. The van der Waals surface area contributed by atoms with Gasteiger partial charge in [0.05, 0.1) is 7.11 Å². The highest BCUT2D eigenvalue weighted by Gasteiger charge is 2.52. The van der Waals surface area contributed by atoms with Crippen LogP contribution in [0.25, 0.3) is 0 Å². The molecule has 1 saturated heterocycles. The lowest BCUT2D eigenvalue weighted by Crippen LogP contribution is -2.53. The third-order valence-electron chi connectivity index (χ3n) is 5.84. The van der Waals surface area contributed by atoms with Gasteiger partial charge in [-0.1, -0.05) is 25.0 Å². The molecule has 1 aliphatic heterocycles. The van der Waals surface area contributed by atoms with Crippen LogP contribution in [0.3, 0.4) is 0 Å². The van der Waals surface area contributed by atoms with Crippen molar-refractivity contribution >= 4 is 17.5 Å². The summed E-state index contributed by atoms with van der Waals surface area (Å²) in [5.41, 5.74) is 0.344. The van der Waals surface area contributed by atoms with Crippen molar-refractivity contribution in [3.05, 3.63) is 29.8 Å². The zero-order valence-corrected chi connectivity index (χ0v) is 15.5. The summed E-state index contributed by atoms with van der Waals surface area (Å²) in [6, 6.07) is 7.79. The molecule has 1 aliphatic carbocycles. The molecular formula is C21H26O5. The highest BCUT2D eigenvalue weighted by atomic mass is 16.6. The van der Waals surface area contributed by atoms with Gasteiger partial charge >= 0.3 is 5.97 Å². The largest absolute Gasteiger partial charge is 0.497 e. The fourth-order valence-electron chi connectivity index (χ4n) is 4.39. The smallest absolute Gasteiger partial charge is 0.324 e. The van der Waals surface area contributed by atoms with Crippen LogP contribution < -0.4 is 4.74 Å². The number of esters is 1. The van der Waals surface area contributed by atoms with Gasteiger partial charge in [-0.15, -0.1) is 0 Å². The Balaban J connectivity index is 1.79. The molecule has 0 spiro atoms. The van der Waals surface area contributed by atoms with E-state index < -0.39 is 23.3 Å². The Bertz CT molecular complexity index is 667. The van der Waals surface area contributed by atoms with E-state index in [0.717, 1.165) is 37.0 Å². The third kappa shape index (κ3) is 3.67. The first kappa shape index (κ1) is 18.6. The number of hydrogen-bond acceptors (Lipinski definition) is 5. The van der Waals surface area contributed by atoms with Gasteiger partial charge in [0, 0.05) is 6.42 Å². The van der Waals surface area contributed by atoms with Gasteiger partial charge in [-0.3, -0.25) is 14.4 Å². The van der Waals surface area contributed by atoms with Crippen LogP contribution in [-0.4, -0.2) is 30.2 Å². The molecule has 1 aromatic carbocycles. The van der Waals surface area contributed by atoms with Crippen LogP contribution in [0.15, 0.2) is 24.3 Å². The number of methoxy groups -OCH3 is 1. The fourth-order valence-corrected chi connectivity index (χ4v) is 4.39. The number of carbonyl (C=O) groups is 3. The predicted molar refractivity (Wildman–Crippen MR) is 95.9 cm³/mol. The third-order valence-corrected chi connectivity index (χ3v) is 5.84. The molecule has 2 atom stereocenters. The van der Waals surface area contributed by atoms with E-state index in [1.807, 2.05) is 24.3 Å². The summed E-state index contributed by atoms with van der Waals surface area (Å²) in [7, 11) is 1.63. The lowest BCUT2D eigenvalue weighted by molar-refractivity contribution is -0.186. The van der Waals surface area contributed by atoms with E-state index in [2.05, 4.69) is 0 Å². The van der Waals surface area contributed by atoms with Crippen LogP contribution in [0.2, 0.25) is 0 Å². The van der Waals surface area contributed by atoms with Crippen LogP contribution in [0, 0.1) is 11.8 Å². The lowest BCUT2D eigenvalue weighted by Gasteiger charge is -2.42. The van der Waals surface area contributed by atoms with Crippen molar-refractivity contribution in [2.75, 3.05) is 7.11 Å². The highest BCUT2D eigenvalue weighted by Crippen LogP contribution is 2.44. The summed E-state index contributed by atoms with van der Waals surface area (Å²) in [6.07, 6.45) is 5.59. The van der Waals surface area contributed by atoms with Gasteiger partial charge in [-0.05, 0) is 56.2 Å². The first-order valence-electron chi connectivity index (χ1n) is 9.34. The van der Waals surface area contributed by atoms with Crippen molar-refractivity contribution < 1.29 is 23.9 Å². The van der Waals surface area contributed by atoms with Crippen molar-refractivity contribution in [2.45, 2.75) is 57.5 Å². The number of ketones is 2. The molecule has 26 heavy (non-hydrogen) atoms. The van der Waals surface area contributed by atoms with Crippen LogP contribution in [0.4, 0.5) is 0 Å². The fraction of sp³-hybridized carbons (Fsp3) is 0.571. The Hall–Kier alpha value is -2.17. The van der Waals surface area contributed by atoms with Crippen molar-refractivity contribution in [1.82, 2.24) is 0 Å². The number of carbonyl (C=O) groups excluding carboxylic acids is 3. The second-order valence-electron chi connectivity index (χ2n) is 7.50. The van der Waals surface area contributed by atoms with Gasteiger partial charge < -0.3 is 9.47 Å². The summed E-state index contributed by atoms with van der Waals surface area (Å²) < 4.78 is 11.0. The summed E-state index contributed by atoms with van der Waals surface area (Å²) >= 11 is 0. The van der Waals surface area contributed by atoms with E-state index in [4.69, 9.17) is 9.47 Å².